The molecule has 0 radical (unpaired) electrons. The minimum absolute atomic E-state index is 0.254. The Balaban J connectivity index is 2.30. The molecule has 1 aliphatic rings. The topological polar surface area (TPSA) is 40.5 Å². The van der Waals surface area contributed by atoms with Gasteiger partial charge in [0.15, 0.2) is 0 Å². The molecular weight excluding hydrogens is 186 g/mol. The van der Waals surface area contributed by atoms with Crippen molar-refractivity contribution in [1.29, 1.82) is 0 Å². The quantitative estimate of drug-likeness (QED) is 0.744. The van der Waals surface area contributed by atoms with Crippen LogP contribution in [-0.4, -0.2) is 47.1 Å². The average Bonchev–Trinajstić information content (AvgIpc) is 2.55. The van der Waals surface area contributed by atoms with Gasteiger partial charge in [0.25, 0.3) is 0 Å². The summed E-state index contributed by atoms with van der Waals surface area (Å²) in [5.74, 6) is 1.42. The van der Waals surface area contributed by atoms with E-state index in [9.17, 15) is 4.79 Å². The van der Waals surface area contributed by atoms with E-state index >= 15 is 0 Å². The Morgan fingerprint density at radius 2 is 2.46 bits per heavy atom. The molecule has 2 unspecified atom stereocenters. The molecule has 1 saturated heterocycles. The predicted molar refractivity (Wildman–Crippen MR) is 55.2 cm³/mol. The summed E-state index contributed by atoms with van der Waals surface area (Å²) in [6, 6.07) is 0.590. The molecule has 0 saturated carbocycles. The third-order valence-electron chi connectivity index (χ3n) is 2.51. The van der Waals surface area contributed by atoms with E-state index in [0.717, 1.165) is 5.75 Å². The zero-order valence-electron chi connectivity index (χ0n) is 8.19. The number of carboxylic acid groups (broad SMARTS) is 1. The van der Waals surface area contributed by atoms with Crippen molar-refractivity contribution < 1.29 is 9.90 Å². The van der Waals surface area contributed by atoms with Crippen molar-refractivity contribution in [3.8, 4) is 0 Å². The van der Waals surface area contributed by atoms with E-state index in [4.69, 9.17) is 5.11 Å². The summed E-state index contributed by atoms with van der Waals surface area (Å²) >= 11 is 1.96. The predicted octanol–water partition coefficient (Wildman–Crippen LogP) is 1.14. The number of hydrogen-bond donors (Lipinski definition) is 1. The number of carbonyl (C=O) groups is 1. The summed E-state index contributed by atoms with van der Waals surface area (Å²) in [5, 5.41) is 8.74. The van der Waals surface area contributed by atoms with Crippen LogP contribution in [0.3, 0.4) is 0 Å². The minimum atomic E-state index is -0.697. The Labute approximate surface area is 83.5 Å². The molecule has 1 heterocycles. The Bertz CT molecular complexity index is 180. The second-order valence-corrected chi connectivity index (χ2v) is 4.85. The van der Waals surface area contributed by atoms with Crippen molar-refractivity contribution in [3.63, 3.8) is 0 Å². The fraction of sp³-hybridized carbons (Fsp3) is 0.889. The van der Waals surface area contributed by atoms with Crippen LogP contribution in [0, 0.1) is 5.92 Å². The highest BCUT2D eigenvalue weighted by Crippen LogP contribution is 2.21. The van der Waals surface area contributed by atoms with Crippen LogP contribution >= 0.6 is 11.8 Å². The van der Waals surface area contributed by atoms with Gasteiger partial charge < -0.3 is 10.0 Å². The van der Waals surface area contributed by atoms with Crippen LogP contribution in [0.2, 0.25) is 0 Å². The van der Waals surface area contributed by atoms with Gasteiger partial charge in [-0.1, -0.05) is 6.92 Å². The average molecular weight is 203 g/mol. The number of hydrogen-bond acceptors (Lipinski definition) is 3. The lowest BCUT2D eigenvalue weighted by atomic mass is 10.1. The molecular formula is C9H17NO2S. The van der Waals surface area contributed by atoms with Crippen molar-refractivity contribution in [2.45, 2.75) is 19.4 Å². The molecule has 1 fully saturated rings. The Kier molecular flexibility index (Phi) is 4.06. The maximum absolute atomic E-state index is 10.6. The van der Waals surface area contributed by atoms with Gasteiger partial charge in [-0.05, 0) is 19.2 Å². The van der Waals surface area contributed by atoms with Crippen molar-refractivity contribution in [2.24, 2.45) is 5.92 Å². The molecule has 76 valence electrons. The van der Waals surface area contributed by atoms with Crippen molar-refractivity contribution in [3.05, 3.63) is 0 Å². The summed E-state index contributed by atoms with van der Waals surface area (Å²) in [6.07, 6.45) is 1.20. The first-order valence-corrected chi connectivity index (χ1v) is 5.77. The maximum atomic E-state index is 10.6. The fourth-order valence-corrected chi connectivity index (χ4v) is 2.83. The highest BCUT2D eigenvalue weighted by Gasteiger charge is 2.22. The Hall–Kier alpha value is -0.220. The normalized spacial score (nSPS) is 25.0. The standard InChI is InChI=1S/C9H17NO2S/c1-7(9(11)12)5-10(2)8-3-4-13-6-8/h7-8H,3-6H2,1-2H3,(H,11,12). The van der Waals surface area contributed by atoms with E-state index in [2.05, 4.69) is 4.90 Å². The lowest BCUT2D eigenvalue weighted by Crippen LogP contribution is -2.36. The summed E-state index contributed by atoms with van der Waals surface area (Å²) < 4.78 is 0. The molecule has 1 N–H and O–H groups in total. The van der Waals surface area contributed by atoms with Crippen LogP contribution in [0.1, 0.15) is 13.3 Å². The van der Waals surface area contributed by atoms with Crippen LogP contribution in [0.4, 0.5) is 0 Å². The first-order chi connectivity index (χ1) is 6.11. The molecule has 2 atom stereocenters. The first-order valence-electron chi connectivity index (χ1n) is 4.62. The Morgan fingerprint density at radius 1 is 1.77 bits per heavy atom. The third kappa shape index (κ3) is 3.19. The van der Waals surface area contributed by atoms with E-state index in [1.165, 1.54) is 12.2 Å². The van der Waals surface area contributed by atoms with Gasteiger partial charge in [-0.3, -0.25) is 4.79 Å². The van der Waals surface area contributed by atoms with Gasteiger partial charge in [0.05, 0.1) is 5.92 Å². The molecule has 0 aromatic rings. The number of rotatable bonds is 4. The lowest BCUT2D eigenvalue weighted by Gasteiger charge is -2.24. The van der Waals surface area contributed by atoms with Crippen LogP contribution in [0.25, 0.3) is 0 Å². The summed E-state index contributed by atoms with van der Waals surface area (Å²) in [5.41, 5.74) is 0. The van der Waals surface area contributed by atoms with Gasteiger partial charge in [-0.15, -0.1) is 0 Å². The number of thioether (sulfide) groups is 1. The molecule has 4 heteroatoms. The number of carboxylic acids is 1. The molecule has 0 aliphatic carbocycles. The highest BCUT2D eigenvalue weighted by molar-refractivity contribution is 7.99. The third-order valence-corrected chi connectivity index (χ3v) is 3.66. The van der Waals surface area contributed by atoms with Crippen molar-refractivity contribution in [1.82, 2.24) is 4.90 Å². The molecule has 0 amide bonds. The smallest absolute Gasteiger partial charge is 0.307 e. The van der Waals surface area contributed by atoms with Crippen LogP contribution in [0.15, 0.2) is 0 Å². The molecule has 0 aromatic heterocycles. The van der Waals surface area contributed by atoms with Gasteiger partial charge in [-0.2, -0.15) is 11.8 Å². The van der Waals surface area contributed by atoms with Gasteiger partial charge in [0.1, 0.15) is 0 Å². The molecule has 13 heavy (non-hydrogen) atoms. The minimum Gasteiger partial charge on any atom is -0.481 e. The molecule has 1 rings (SSSR count). The second kappa shape index (κ2) is 4.86. The van der Waals surface area contributed by atoms with Crippen LogP contribution in [0.5, 0.6) is 0 Å². The molecule has 0 bridgehead atoms. The largest absolute Gasteiger partial charge is 0.481 e. The fourth-order valence-electron chi connectivity index (χ4n) is 1.53. The van der Waals surface area contributed by atoms with E-state index in [0.29, 0.717) is 12.6 Å². The summed E-state index contributed by atoms with van der Waals surface area (Å²) in [6.45, 7) is 2.43. The van der Waals surface area contributed by atoms with Gasteiger partial charge in [0.2, 0.25) is 0 Å². The van der Waals surface area contributed by atoms with Crippen molar-refractivity contribution >= 4 is 17.7 Å². The molecule has 1 aliphatic heterocycles. The maximum Gasteiger partial charge on any atom is 0.307 e. The van der Waals surface area contributed by atoms with E-state index in [1.807, 2.05) is 18.8 Å². The molecule has 0 aromatic carbocycles. The van der Waals surface area contributed by atoms with Gasteiger partial charge in [0, 0.05) is 18.3 Å². The SMILES string of the molecule is CC(CN(C)C1CCSC1)C(=O)O. The van der Waals surface area contributed by atoms with E-state index < -0.39 is 5.97 Å². The zero-order valence-corrected chi connectivity index (χ0v) is 9.01. The van der Waals surface area contributed by atoms with Crippen LogP contribution in [-0.2, 0) is 4.79 Å². The van der Waals surface area contributed by atoms with Crippen LogP contribution < -0.4 is 0 Å². The summed E-state index contributed by atoms with van der Waals surface area (Å²) in [4.78, 5) is 12.8. The molecule has 0 spiro atoms. The monoisotopic (exact) mass is 203 g/mol. The lowest BCUT2D eigenvalue weighted by molar-refractivity contribution is -0.141. The number of nitrogens with zero attached hydrogens (tertiary/aromatic N) is 1. The zero-order chi connectivity index (χ0) is 9.84. The van der Waals surface area contributed by atoms with Gasteiger partial charge >= 0.3 is 5.97 Å². The highest BCUT2D eigenvalue weighted by atomic mass is 32.2. The second-order valence-electron chi connectivity index (χ2n) is 3.70. The van der Waals surface area contributed by atoms with E-state index in [1.54, 1.807) is 6.92 Å². The number of aliphatic carboxylic acids is 1. The first kappa shape index (κ1) is 10.9. The van der Waals surface area contributed by atoms with Gasteiger partial charge in [-0.25, -0.2) is 0 Å². The van der Waals surface area contributed by atoms with Crippen molar-refractivity contribution in [2.75, 3.05) is 25.1 Å². The Morgan fingerprint density at radius 3 is 2.92 bits per heavy atom. The van der Waals surface area contributed by atoms with E-state index in [-0.39, 0.29) is 5.92 Å². The molecule has 3 nitrogen and oxygen atoms in total. The summed E-state index contributed by atoms with van der Waals surface area (Å²) in [7, 11) is 2.02.